The average molecular weight is 514 g/mol. The van der Waals surface area contributed by atoms with Crippen molar-refractivity contribution in [1.29, 1.82) is 5.26 Å². The van der Waals surface area contributed by atoms with Crippen molar-refractivity contribution < 1.29 is 27.9 Å². The van der Waals surface area contributed by atoms with Gasteiger partial charge in [0.2, 0.25) is 0 Å². The van der Waals surface area contributed by atoms with E-state index in [2.05, 4.69) is 11.4 Å². The predicted octanol–water partition coefficient (Wildman–Crippen LogP) is 5.41. The fourth-order valence-corrected chi connectivity index (χ4v) is 5.32. The number of carbonyl (C=O) groups excluding carboxylic acids is 1. The van der Waals surface area contributed by atoms with Gasteiger partial charge in [0.1, 0.15) is 11.8 Å². The molecule has 2 heterocycles. The van der Waals surface area contributed by atoms with E-state index in [1.807, 2.05) is 0 Å². The Bertz CT molecular complexity index is 1360. The zero-order valence-electron chi connectivity index (χ0n) is 19.2. The number of carboxylic acid groups (broad SMARTS) is 1. The third-order valence-corrected chi connectivity index (χ3v) is 7.12. The monoisotopic (exact) mass is 513 g/mol. The molecule has 0 aliphatic carbocycles. The van der Waals surface area contributed by atoms with Gasteiger partial charge >= 0.3 is 12.1 Å². The molecule has 6 nitrogen and oxygen atoms in total. The number of nitrogens with zero attached hydrogens (tertiary/aromatic N) is 2. The van der Waals surface area contributed by atoms with E-state index in [1.165, 1.54) is 18.2 Å². The van der Waals surface area contributed by atoms with Crippen LogP contribution in [0.25, 0.3) is 0 Å². The summed E-state index contributed by atoms with van der Waals surface area (Å²) in [5.41, 5.74) is 2.26. The van der Waals surface area contributed by atoms with Gasteiger partial charge in [-0.3, -0.25) is 4.79 Å². The molecule has 0 saturated heterocycles. The van der Waals surface area contributed by atoms with Gasteiger partial charge in [0.15, 0.2) is 0 Å². The van der Waals surface area contributed by atoms with E-state index in [0.717, 1.165) is 29.1 Å². The highest BCUT2D eigenvalue weighted by Gasteiger charge is 2.32. The number of alkyl halides is 3. The number of nitrogens with one attached hydrogen (secondary N) is 1. The summed E-state index contributed by atoms with van der Waals surface area (Å²) in [6.45, 7) is 1.75. The number of carboxylic acids is 1. The first-order valence-electron chi connectivity index (χ1n) is 11.1. The summed E-state index contributed by atoms with van der Waals surface area (Å²) in [5.74, 6) is -0.265. The maximum absolute atomic E-state index is 13.5. The van der Waals surface area contributed by atoms with Gasteiger partial charge in [-0.2, -0.15) is 30.2 Å². The van der Waals surface area contributed by atoms with Crippen LogP contribution in [0.3, 0.4) is 0 Å². The van der Waals surface area contributed by atoms with Crippen molar-refractivity contribution in [3.05, 3.63) is 93.3 Å². The molecule has 0 fully saturated rings. The van der Waals surface area contributed by atoms with E-state index in [1.54, 1.807) is 41.5 Å². The fourth-order valence-electron chi connectivity index (χ4n) is 4.33. The van der Waals surface area contributed by atoms with Crippen molar-refractivity contribution in [2.75, 3.05) is 5.75 Å². The molecule has 0 radical (unpaired) electrons. The van der Waals surface area contributed by atoms with E-state index in [4.69, 9.17) is 5.11 Å². The highest BCUT2D eigenvalue weighted by molar-refractivity contribution is 7.98. The SMILES string of the molecule is C[C@H](NC(=O)c1c(C#N)c2c(n1Cc1cccc(C(F)(F)F)c1)CCSC2)c1ccc(C(=O)O)cc1. The second kappa shape index (κ2) is 10.1. The third-order valence-electron chi connectivity index (χ3n) is 6.14. The number of nitriles is 1. The zero-order chi connectivity index (χ0) is 26.0. The van der Waals surface area contributed by atoms with Crippen LogP contribution in [0.1, 0.15) is 67.3 Å². The molecule has 0 bridgehead atoms. The molecule has 186 valence electrons. The average Bonchev–Trinajstić information content (AvgIpc) is 3.17. The molecule has 1 aromatic heterocycles. The lowest BCUT2D eigenvalue weighted by Crippen LogP contribution is -2.30. The molecule has 1 aliphatic heterocycles. The van der Waals surface area contributed by atoms with E-state index < -0.39 is 29.7 Å². The second-order valence-corrected chi connectivity index (χ2v) is 9.58. The molecule has 2 aromatic carbocycles. The quantitative estimate of drug-likeness (QED) is 0.460. The minimum Gasteiger partial charge on any atom is -0.478 e. The summed E-state index contributed by atoms with van der Waals surface area (Å²) in [4.78, 5) is 24.6. The van der Waals surface area contributed by atoms with Crippen LogP contribution < -0.4 is 5.32 Å². The maximum Gasteiger partial charge on any atom is 0.416 e. The van der Waals surface area contributed by atoms with Gasteiger partial charge < -0.3 is 15.0 Å². The number of rotatable bonds is 6. The molecule has 0 saturated carbocycles. The van der Waals surface area contributed by atoms with Crippen LogP contribution >= 0.6 is 11.8 Å². The van der Waals surface area contributed by atoms with Crippen LogP contribution in [0, 0.1) is 11.3 Å². The van der Waals surface area contributed by atoms with E-state index in [0.29, 0.717) is 23.3 Å². The molecule has 4 rings (SSSR count). The highest BCUT2D eigenvalue weighted by atomic mass is 32.2. The van der Waals surface area contributed by atoms with Gasteiger partial charge in [0.05, 0.1) is 22.7 Å². The van der Waals surface area contributed by atoms with Crippen molar-refractivity contribution in [2.45, 2.75) is 37.9 Å². The summed E-state index contributed by atoms with van der Waals surface area (Å²) in [5, 5.41) is 21.9. The number of benzene rings is 2. The Balaban J connectivity index is 1.70. The first-order chi connectivity index (χ1) is 17.1. The second-order valence-electron chi connectivity index (χ2n) is 8.47. The lowest BCUT2D eigenvalue weighted by Gasteiger charge is -2.19. The Kier molecular flexibility index (Phi) is 7.13. The summed E-state index contributed by atoms with van der Waals surface area (Å²) in [6, 6.07) is 12.7. The predicted molar refractivity (Wildman–Crippen MR) is 129 cm³/mol. The minimum atomic E-state index is -4.49. The largest absolute Gasteiger partial charge is 0.478 e. The Morgan fingerprint density at radius 3 is 2.58 bits per heavy atom. The van der Waals surface area contributed by atoms with Gasteiger partial charge in [0.25, 0.3) is 5.91 Å². The Labute approximate surface area is 209 Å². The lowest BCUT2D eigenvalue weighted by molar-refractivity contribution is -0.137. The van der Waals surface area contributed by atoms with Crippen LogP contribution in [-0.4, -0.2) is 27.3 Å². The van der Waals surface area contributed by atoms with E-state index in [-0.39, 0.29) is 23.4 Å². The minimum absolute atomic E-state index is 0.0169. The lowest BCUT2D eigenvalue weighted by atomic mass is 10.1. The molecule has 1 atom stereocenters. The van der Waals surface area contributed by atoms with Crippen LogP contribution in [0.15, 0.2) is 48.5 Å². The first-order valence-corrected chi connectivity index (χ1v) is 12.3. The molecule has 10 heteroatoms. The molecule has 2 N–H and O–H groups in total. The Hall–Kier alpha value is -3.71. The number of thioether (sulfide) groups is 1. The van der Waals surface area contributed by atoms with Gasteiger partial charge in [-0.15, -0.1) is 0 Å². The number of carbonyl (C=O) groups is 2. The molecule has 1 amide bonds. The van der Waals surface area contributed by atoms with Gasteiger partial charge in [-0.1, -0.05) is 24.3 Å². The number of aromatic carboxylic acids is 1. The fraction of sp³-hybridized carbons (Fsp3) is 0.269. The topological polar surface area (TPSA) is 95.1 Å². The van der Waals surface area contributed by atoms with Gasteiger partial charge in [-0.25, -0.2) is 4.79 Å². The van der Waals surface area contributed by atoms with Crippen LogP contribution in [0.4, 0.5) is 13.2 Å². The maximum atomic E-state index is 13.5. The standard InChI is InChI=1S/C26H22F3N3O3S/c1-15(17-5-7-18(8-6-17)25(34)35)31-24(33)23-20(12-30)21-14-36-10-9-22(21)32(23)13-16-3-2-4-19(11-16)26(27,28)29/h2-8,11,15H,9-10,13-14H2,1H3,(H,31,33)(H,34,35)/t15-/m0/s1. The molecular weight excluding hydrogens is 491 g/mol. The Morgan fingerprint density at radius 1 is 1.22 bits per heavy atom. The number of amides is 1. The summed E-state index contributed by atoms with van der Waals surface area (Å²) in [6.07, 6.45) is -3.90. The van der Waals surface area contributed by atoms with E-state index in [9.17, 15) is 28.0 Å². The summed E-state index contributed by atoms with van der Waals surface area (Å²) >= 11 is 1.63. The molecule has 1 aliphatic rings. The van der Waals surface area contributed by atoms with E-state index >= 15 is 0 Å². The highest BCUT2D eigenvalue weighted by Crippen LogP contribution is 2.34. The number of halogens is 3. The van der Waals surface area contributed by atoms with Crippen molar-refractivity contribution in [3.63, 3.8) is 0 Å². The smallest absolute Gasteiger partial charge is 0.416 e. The molecule has 3 aromatic rings. The van der Waals surface area contributed by atoms with Crippen LogP contribution in [0.5, 0.6) is 0 Å². The molecular formula is C26H22F3N3O3S. The summed E-state index contributed by atoms with van der Waals surface area (Å²) in [7, 11) is 0. The molecule has 0 unspecified atom stereocenters. The first kappa shape index (κ1) is 25.4. The Morgan fingerprint density at radius 2 is 1.94 bits per heavy atom. The van der Waals surface area contributed by atoms with Crippen molar-refractivity contribution in [1.82, 2.24) is 9.88 Å². The number of hydrogen-bond donors (Lipinski definition) is 2. The zero-order valence-corrected chi connectivity index (χ0v) is 20.0. The van der Waals surface area contributed by atoms with Crippen molar-refractivity contribution in [3.8, 4) is 6.07 Å². The van der Waals surface area contributed by atoms with Crippen molar-refractivity contribution in [2.24, 2.45) is 0 Å². The number of fused-ring (bicyclic) bond motifs is 1. The van der Waals surface area contributed by atoms with Gasteiger partial charge in [-0.05, 0) is 54.5 Å². The number of aromatic nitrogens is 1. The van der Waals surface area contributed by atoms with Crippen LogP contribution in [-0.2, 0) is 24.9 Å². The number of hydrogen-bond acceptors (Lipinski definition) is 4. The third kappa shape index (κ3) is 5.11. The summed E-state index contributed by atoms with van der Waals surface area (Å²) < 4.78 is 41.5. The van der Waals surface area contributed by atoms with Gasteiger partial charge in [0, 0.05) is 23.6 Å². The normalized spacial score (nSPS) is 14.0. The molecule has 36 heavy (non-hydrogen) atoms. The molecule has 0 spiro atoms. The van der Waals surface area contributed by atoms with Crippen molar-refractivity contribution >= 4 is 23.6 Å². The van der Waals surface area contributed by atoms with Crippen LogP contribution in [0.2, 0.25) is 0 Å².